The number of nitrogens with one attached hydrogen (secondary N) is 1. The summed E-state index contributed by atoms with van der Waals surface area (Å²) in [7, 11) is 0. The Morgan fingerprint density at radius 3 is 2.95 bits per heavy atom. The first kappa shape index (κ1) is 14.8. The number of aryl methyl sites for hydroxylation is 2. The van der Waals surface area contributed by atoms with Crippen molar-refractivity contribution in [1.29, 1.82) is 0 Å². The van der Waals surface area contributed by atoms with Gasteiger partial charge in [-0.05, 0) is 25.0 Å². The Bertz CT molecular complexity index is 853. The summed E-state index contributed by atoms with van der Waals surface area (Å²) >= 11 is 1.51. The quantitative estimate of drug-likeness (QED) is 0.581. The van der Waals surface area contributed by atoms with Crippen molar-refractivity contribution in [2.45, 2.75) is 37.6 Å². The fourth-order valence-corrected chi connectivity index (χ4v) is 3.13. The van der Waals surface area contributed by atoms with Gasteiger partial charge in [-0.15, -0.1) is 0 Å². The first-order valence-electron chi connectivity index (χ1n) is 7.32. The topological polar surface area (TPSA) is 63.0 Å². The molecule has 0 aliphatic carbocycles. The Balaban J connectivity index is 1.79. The molecule has 1 N–H and O–H groups in total. The summed E-state index contributed by atoms with van der Waals surface area (Å²) in [6.45, 7) is 4.13. The highest BCUT2D eigenvalue weighted by Gasteiger charge is 2.06. The molecular weight excluding hydrogens is 296 g/mol. The lowest BCUT2D eigenvalue weighted by atomic mass is 10.2. The summed E-state index contributed by atoms with van der Waals surface area (Å²) in [5.41, 5.74) is 3.85. The molecule has 3 heterocycles. The number of fused-ring (bicyclic) bond motifs is 1. The fourth-order valence-electron chi connectivity index (χ4n) is 2.35. The Kier molecular flexibility index (Phi) is 4.29. The van der Waals surface area contributed by atoms with Gasteiger partial charge in [0.05, 0.1) is 5.69 Å². The highest BCUT2D eigenvalue weighted by molar-refractivity contribution is 7.98. The molecule has 0 bridgehead atoms. The monoisotopic (exact) mass is 314 g/mol. The van der Waals surface area contributed by atoms with E-state index in [-0.39, 0.29) is 5.56 Å². The number of aromatic nitrogens is 4. The van der Waals surface area contributed by atoms with E-state index in [9.17, 15) is 4.79 Å². The average Bonchev–Trinajstić information content (AvgIpc) is 2.90. The van der Waals surface area contributed by atoms with Crippen molar-refractivity contribution in [3.63, 3.8) is 0 Å². The highest BCUT2D eigenvalue weighted by Crippen LogP contribution is 2.19. The first-order valence-corrected chi connectivity index (χ1v) is 8.30. The van der Waals surface area contributed by atoms with Crippen LogP contribution in [0.25, 0.3) is 5.65 Å². The molecule has 0 aliphatic heterocycles. The van der Waals surface area contributed by atoms with Crippen LogP contribution in [-0.2, 0) is 12.2 Å². The van der Waals surface area contributed by atoms with Crippen molar-refractivity contribution >= 4 is 17.4 Å². The van der Waals surface area contributed by atoms with Crippen LogP contribution in [0.3, 0.4) is 0 Å². The lowest BCUT2D eigenvalue weighted by Crippen LogP contribution is -2.09. The second-order valence-corrected chi connectivity index (χ2v) is 6.20. The van der Waals surface area contributed by atoms with Crippen LogP contribution < -0.4 is 5.56 Å². The number of pyridine rings is 1. The number of thioether (sulfide) groups is 1. The Labute approximate surface area is 132 Å². The number of imidazole rings is 1. The van der Waals surface area contributed by atoms with E-state index >= 15 is 0 Å². The van der Waals surface area contributed by atoms with E-state index in [0.717, 1.165) is 35.4 Å². The third-order valence-corrected chi connectivity index (χ3v) is 4.27. The van der Waals surface area contributed by atoms with Gasteiger partial charge < -0.3 is 9.38 Å². The van der Waals surface area contributed by atoms with Gasteiger partial charge in [0.15, 0.2) is 5.16 Å². The van der Waals surface area contributed by atoms with Crippen molar-refractivity contribution < 1.29 is 0 Å². The molecule has 0 radical (unpaired) electrons. The predicted octanol–water partition coefficient (Wildman–Crippen LogP) is 2.97. The Hall–Kier alpha value is -2.08. The molecule has 0 amide bonds. The predicted molar refractivity (Wildman–Crippen MR) is 88.3 cm³/mol. The largest absolute Gasteiger partial charge is 0.307 e. The van der Waals surface area contributed by atoms with Crippen LogP contribution in [-0.4, -0.2) is 19.4 Å². The summed E-state index contributed by atoms with van der Waals surface area (Å²) in [6.07, 6.45) is 5.81. The Morgan fingerprint density at radius 2 is 2.18 bits per heavy atom. The van der Waals surface area contributed by atoms with E-state index in [0.29, 0.717) is 10.9 Å². The summed E-state index contributed by atoms with van der Waals surface area (Å²) in [6, 6.07) is 5.63. The van der Waals surface area contributed by atoms with E-state index in [1.165, 1.54) is 11.8 Å². The van der Waals surface area contributed by atoms with Gasteiger partial charge in [0, 0.05) is 29.9 Å². The molecule has 0 aliphatic rings. The summed E-state index contributed by atoms with van der Waals surface area (Å²) in [5.74, 6) is 0.680. The van der Waals surface area contributed by atoms with Crippen molar-refractivity contribution in [2.75, 3.05) is 0 Å². The van der Waals surface area contributed by atoms with Gasteiger partial charge in [0.2, 0.25) is 0 Å². The molecule has 22 heavy (non-hydrogen) atoms. The SMILES string of the molecule is CCCc1cc(=O)[nH]c(SCc2cn3cccc(C)c3n2)n1. The number of H-pyrrole nitrogens is 1. The zero-order valence-electron chi connectivity index (χ0n) is 12.7. The molecular formula is C16H18N4OS. The normalized spacial score (nSPS) is 11.2. The molecule has 0 fully saturated rings. The molecule has 0 saturated carbocycles. The van der Waals surface area contributed by atoms with Gasteiger partial charge in [-0.2, -0.15) is 0 Å². The lowest BCUT2D eigenvalue weighted by molar-refractivity contribution is 0.815. The van der Waals surface area contributed by atoms with Crippen molar-refractivity contribution in [2.24, 2.45) is 0 Å². The minimum atomic E-state index is -0.0909. The van der Waals surface area contributed by atoms with Gasteiger partial charge in [-0.3, -0.25) is 4.79 Å². The van der Waals surface area contributed by atoms with Crippen LogP contribution in [0.15, 0.2) is 40.5 Å². The number of rotatable bonds is 5. The van der Waals surface area contributed by atoms with Gasteiger partial charge in [-0.25, -0.2) is 9.97 Å². The fraction of sp³-hybridized carbons (Fsp3) is 0.312. The number of nitrogens with zero attached hydrogens (tertiary/aromatic N) is 3. The minimum Gasteiger partial charge on any atom is -0.307 e. The summed E-state index contributed by atoms with van der Waals surface area (Å²) < 4.78 is 2.02. The second kappa shape index (κ2) is 6.36. The molecule has 0 spiro atoms. The third kappa shape index (κ3) is 3.22. The van der Waals surface area contributed by atoms with E-state index < -0.39 is 0 Å². The van der Waals surface area contributed by atoms with E-state index in [4.69, 9.17) is 0 Å². The van der Waals surface area contributed by atoms with E-state index in [2.05, 4.69) is 21.9 Å². The lowest BCUT2D eigenvalue weighted by Gasteiger charge is -2.01. The van der Waals surface area contributed by atoms with Gasteiger partial charge in [-0.1, -0.05) is 31.2 Å². The van der Waals surface area contributed by atoms with Crippen LogP contribution in [0, 0.1) is 6.92 Å². The minimum absolute atomic E-state index is 0.0909. The van der Waals surface area contributed by atoms with Gasteiger partial charge in [0.25, 0.3) is 5.56 Å². The molecule has 6 heteroatoms. The molecule has 3 aromatic rings. The molecule has 0 aromatic carbocycles. The second-order valence-electron chi connectivity index (χ2n) is 5.23. The van der Waals surface area contributed by atoms with Crippen LogP contribution in [0.1, 0.15) is 30.3 Å². The maximum atomic E-state index is 11.7. The summed E-state index contributed by atoms with van der Waals surface area (Å²) in [4.78, 5) is 23.6. The van der Waals surface area contributed by atoms with Gasteiger partial charge in [0.1, 0.15) is 5.65 Å². The number of hydrogen-bond donors (Lipinski definition) is 1. The molecule has 0 saturated heterocycles. The molecule has 3 rings (SSSR count). The highest BCUT2D eigenvalue weighted by atomic mass is 32.2. The third-order valence-electron chi connectivity index (χ3n) is 3.36. The van der Waals surface area contributed by atoms with Crippen LogP contribution >= 0.6 is 11.8 Å². The van der Waals surface area contributed by atoms with Crippen molar-refractivity contribution in [1.82, 2.24) is 19.4 Å². The molecule has 0 atom stereocenters. The van der Waals surface area contributed by atoms with E-state index in [1.54, 1.807) is 6.07 Å². The maximum Gasteiger partial charge on any atom is 0.251 e. The molecule has 5 nitrogen and oxygen atoms in total. The zero-order chi connectivity index (χ0) is 15.5. The van der Waals surface area contributed by atoms with E-state index in [1.807, 2.05) is 35.9 Å². The Morgan fingerprint density at radius 1 is 1.32 bits per heavy atom. The molecule has 114 valence electrons. The van der Waals surface area contributed by atoms with Crippen LogP contribution in [0.2, 0.25) is 0 Å². The maximum absolute atomic E-state index is 11.7. The number of aromatic amines is 1. The first-order chi connectivity index (χ1) is 10.7. The van der Waals surface area contributed by atoms with Gasteiger partial charge >= 0.3 is 0 Å². The smallest absolute Gasteiger partial charge is 0.251 e. The van der Waals surface area contributed by atoms with Crippen molar-refractivity contribution in [3.8, 4) is 0 Å². The standard InChI is InChI=1S/C16H18N4OS/c1-3-5-12-8-14(21)19-16(18-12)22-10-13-9-20-7-4-6-11(2)15(20)17-13/h4,6-9H,3,5,10H2,1-2H3,(H,18,19,21). The van der Waals surface area contributed by atoms with Crippen LogP contribution in [0.5, 0.6) is 0 Å². The van der Waals surface area contributed by atoms with Crippen LogP contribution in [0.4, 0.5) is 0 Å². The summed E-state index contributed by atoms with van der Waals surface area (Å²) in [5, 5.41) is 0.657. The zero-order valence-corrected chi connectivity index (χ0v) is 13.5. The number of hydrogen-bond acceptors (Lipinski definition) is 4. The average molecular weight is 314 g/mol. The van der Waals surface area contributed by atoms with Crippen molar-refractivity contribution in [3.05, 3.63) is 57.9 Å². The molecule has 3 aromatic heterocycles. The molecule has 0 unspecified atom stereocenters.